The maximum absolute atomic E-state index is 12.1. The molecule has 0 aliphatic heterocycles. The first-order valence-electron chi connectivity index (χ1n) is 6.72. The molecule has 2 rings (SSSR count). The quantitative estimate of drug-likeness (QED) is 0.880. The van der Waals surface area contributed by atoms with Crippen molar-refractivity contribution >= 4 is 5.91 Å². The molecule has 1 aromatic heterocycles. The van der Waals surface area contributed by atoms with Crippen molar-refractivity contribution in [1.29, 1.82) is 0 Å². The molecule has 4 nitrogen and oxygen atoms in total. The number of aryl methyl sites for hydroxylation is 1. The number of hydrogen-bond acceptors (Lipinski definition) is 3. The second kappa shape index (κ2) is 6.80. The molecule has 0 aliphatic carbocycles. The van der Waals surface area contributed by atoms with Crippen LogP contribution in [0.15, 0.2) is 47.1 Å². The van der Waals surface area contributed by atoms with Gasteiger partial charge in [0.1, 0.15) is 11.5 Å². The van der Waals surface area contributed by atoms with Gasteiger partial charge in [0.15, 0.2) is 6.10 Å². The lowest BCUT2D eigenvalue weighted by Gasteiger charge is -2.17. The van der Waals surface area contributed by atoms with Crippen LogP contribution < -0.4 is 10.1 Å². The van der Waals surface area contributed by atoms with Crippen molar-refractivity contribution in [1.82, 2.24) is 5.32 Å². The topological polar surface area (TPSA) is 51.5 Å². The fourth-order valence-electron chi connectivity index (χ4n) is 1.88. The van der Waals surface area contributed by atoms with E-state index in [1.165, 1.54) is 0 Å². The molecule has 20 heavy (non-hydrogen) atoms. The Hall–Kier alpha value is -2.23. The number of nitrogens with one attached hydrogen (secondary N) is 1. The predicted octanol–water partition coefficient (Wildman–Crippen LogP) is 3.06. The van der Waals surface area contributed by atoms with E-state index in [4.69, 9.17) is 9.15 Å². The lowest BCUT2D eigenvalue weighted by atomic mass is 10.2. The molecule has 0 aliphatic rings. The SMILES string of the molecule is CC[C@H](Oc1cccc(C)c1)C(=O)NCc1ccco1. The molecule has 1 amide bonds. The zero-order chi connectivity index (χ0) is 14.4. The number of carbonyl (C=O) groups excluding carboxylic acids is 1. The van der Waals surface area contributed by atoms with E-state index >= 15 is 0 Å². The smallest absolute Gasteiger partial charge is 0.261 e. The molecule has 1 atom stereocenters. The highest BCUT2D eigenvalue weighted by molar-refractivity contribution is 5.81. The Kier molecular flexibility index (Phi) is 4.82. The molecular formula is C16H19NO3. The summed E-state index contributed by atoms with van der Waals surface area (Å²) in [6.07, 6.45) is 1.70. The Bertz CT molecular complexity index is 549. The number of carbonyl (C=O) groups is 1. The van der Waals surface area contributed by atoms with Gasteiger partial charge >= 0.3 is 0 Å². The zero-order valence-electron chi connectivity index (χ0n) is 11.8. The maximum Gasteiger partial charge on any atom is 0.261 e. The molecule has 0 spiro atoms. The van der Waals surface area contributed by atoms with Crippen LogP contribution in [-0.2, 0) is 11.3 Å². The van der Waals surface area contributed by atoms with Crippen LogP contribution >= 0.6 is 0 Å². The van der Waals surface area contributed by atoms with E-state index in [1.54, 1.807) is 12.3 Å². The van der Waals surface area contributed by atoms with Gasteiger partial charge in [0.25, 0.3) is 5.91 Å². The van der Waals surface area contributed by atoms with Crippen LogP contribution in [0.2, 0.25) is 0 Å². The first kappa shape index (κ1) is 14.2. The average molecular weight is 273 g/mol. The van der Waals surface area contributed by atoms with Crippen LogP contribution in [0.3, 0.4) is 0 Å². The fraction of sp³-hybridized carbons (Fsp3) is 0.312. The highest BCUT2D eigenvalue weighted by atomic mass is 16.5. The summed E-state index contributed by atoms with van der Waals surface area (Å²) in [5.74, 6) is 1.30. The molecule has 0 unspecified atom stereocenters. The summed E-state index contributed by atoms with van der Waals surface area (Å²) < 4.78 is 10.9. The van der Waals surface area contributed by atoms with Gasteiger partial charge in [-0.05, 0) is 43.2 Å². The van der Waals surface area contributed by atoms with Crippen molar-refractivity contribution in [2.45, 2.75) is 32.9 Å². The van der Waals surface area contributed by atoms with E-state index in [0.717, 1.165) is 11.3 Å². The third kappa shape index (κ3) is 3.88. The zero-order valence-corrected chi connectivity index (χ0v) is 11.8. The summed E-state index contributed by atoms with van der Waals surface area (Å²) >= 11 is 0. The largest absolute Gasteiger partial charge is 0.481 e. The van der Waals surface area contributed by atoms with Crippen molar-refractivity contribution in [2.24, 2.45) is 0 Å². The second-order valence-electron chi connectivity index (χ2n) is 4.63. The molecule has 0 bridgehead atoms. The number of amides is 1. The van der Waals surface area contributed by atoms with E-state index < -0.39 is 6.10 Å². The number of furan rings is 1. The Morgan fingerprint density at radius 3 is 2.85 bits per heavy atom. The van der Waals surface area contributed by atoms with Crippen LogP contribution in [0.5, 0.6) is 5.75 Å². The molecule has 106 valence electrons. The van der Waals surface area contributed by atoms with E-state index in [-0.39, 0.29) is 5.91 Å². The Morgan fingerprint density at radius 1 is 1.35 bits per heavy atom. The second-order valence-corrected chi connectivity index (χ2v) is 4.63. The molecule has 2 aromatic rings. The van der Waals surface area contributed by atoms with Crippen LogP contribution in [0.1, 0.15) is 24.7 Å². The Balaban J connectivity index is 1.92. The first-order valence-corrected chi connectivity index (χ1v) is 6.72. The molecule has 4 heteroatoms. The van der Waals surface area contributed by atoms with Crippen molar-refractivity contribution in [2.75, 3.05) is 0 Å². The van der Waals surface area contributed by atoms with Gasteiger partial charge in [-0.25, -0.2) is 0 Å². The average Bonchev–Trinajstić information content (AvgIpc) is 2.95. The minimum Gasteiger partial charge on any atom is -0.481 e. The minimum atomic E-state index is -0.494. The highest BCUT2D eigenvalue weighted by Crippen LogP contribution is 2.15. The fourth-order valence-corrected chi connectivity index (χ4v) is 1.88. The van der Waals surface area contributed by atoms with Gasteiger partial charge in [-0.15, -0.1) is 0 Å². The minimum absolute atomic E-state index is 0.134. The maximum atomic E-state index is 12.1. The first-order chi connectivity index (χ1) is 9.69. The van der Waals surface area contributed by atoms with E-state index in [2.05, 4.69) is 5.32 Å². The van der Waals surface area contributed by atoms with Crippen LogP contribution in [0, 0.1) is 6.92 Å². The van der Waals surface area contributed by atoms with Crippen molar-refractivity contribution in [3.05, 3.63) is 54.0 Å². The van der Waals surface area contributed by atoms with Gasteiger partial charge in [-0.1, -0.05) is 19.1 Å². The molecule has 0 radical (unpaired) electrons. The summed E-state index contributed by atoms with van der Waals surface area (Å²) in [5.41, 5.74) is 1.10. The van der Waals surface area contributed by atoms with E-state index in [0.29, 0.717) is 18.7 Å². The molecule has 0 fully saturated rings. The Labute approximate surface area is 118 Å². The lowest BCUT2D eigenvalue weighted by molar-refractivity contribution is -0.128. The summed E-state index contributed by atoms with van der Waals surface area (Å²) in [5, 5.41) is 2.81. The normalized spacial score (nSPS) is 11.9. The van der Waals surface area contributed by atoms with Crippen molar-refractivity contribution < 1.29 is 13.9 Å². The lowest BCUT2D eigenvalue weighted by Crippen LogP contribution is -2.37. The molecule has 0 saturated heterocycles. The van der Waals surface area contributed by atoms with Crippen LogP contribution in [0.4, 0.5) is 0 Å². The van der Waals surface area contributed by atoms with Crippen LogP contribution in [0.25, 0.3) is 0 Å². The Morgan fingerprint density at radius 2 is 2.20 bits per heavy atom. The predicted molar refractivity (Wildman–Crippen MR) is 76.4 cm³/mol. The molecular weight excluding hydrogens is 254 g/mol. The van der Waals surface area contributed by atoms with Gasteiger partial charge < -0.3 is 14.5 Å². The number of hydrogen-bond donors (Lipinski definition) is 1. The monoisotopic (exact) mass is 273 g/mol. The van der Waals surface area contributed by atoms with E-state index in [9.17, 15) is 4.79 Å². The molecule has 1 heterocycles. The molecule has 1 N–H and O–H groups in total. The number of benzene rings is 1. The van der Waals surface area contributed by atoms with Gasteiger partial charge in [-0.3, -0.25) is 4.79 Å². The summed E-state index contributed by atoms with van der Waals surface area (Å²) in [6.45, 7) is 4.29. The van der Waals surface area contributed by atoms with Crippen LogP contribution in [-0.4, -0.2) is 12.0 Å². The van der Waals surface area contributed by atoms with Crippen molar-refractivity contribution in [3.8, 4) is 5.75 Å². The number of rotatable bonds is 6. The van der Waals surface area contributed by atoms with Gasteiger partial charge in [0, 0.05) is 0 Å². The summed E-state index contributed by atoms with van der Waals surface area (Å²) in [7, 11) is 0. The van der Waals surface area contributed by atoms with E-state index in [1.807, 2.05) is 44.2 Å². The third-order valence-corrected chi connectivity index (χ3v) is 2.95. The summed E-state index contributed by atoms with van der Waals surface area (Å²) in [4.78, 5) is 12.1. The van der Waals surface area contributed by atoms with Gasteiger partial charge in [0.05, 0.1) is 12.8 Å². The van der Waals surface area contributed by atoms with Gasteiger partial charge in [-0.2, -0.15) is 0 Å². The molecule has 0 saturated carbocycles. The number of ether oxygens (including phenoxy) is 1. The highest BCUT2D eigenvalue weighted by Gasteiger charge is 2.18. The van der Waals surface area contributed by atoms with Crippen molar-refractivity contribution in [3.63, 3.8) is 0 Å². The third-order valence-electron chi connectivity index (χ3n) is 2.95. The standard InChI is InChI=1S/C16H19NO3/c1-3-15(20-13-7-4-6-12(2)10-13)16(18)17-11-14-8-5-9-19-14/h4-10,15H,3,11H2,1-2H3,(H,17,18)/t15-/m0/s1. The summed E-state index contributed by atoms with van der Waals surface area (Å²) in [6, 6.07) is 11.3. The molecule has 1 aromatic carbocycles. The van der Waals surface area contributed by atoms with Gasteiger partial charge in [0.2, 0.25) is 0 Å².